The molecule has 6 nitrogen and oxygen atoms in total. The standard InChI is InChI=1S/C20H26N2O2.C2H4O2/c1-3-13-12-22-9-7-14(13)10-19(22)20(23)16-6-8-21-18-5-4-15(24-2)11-17(16)18;1-2(3)4/h4-6,8,11,13-14,19-20,23H,3,7,9-10,12H2,1-2H3;1H3,(H,3,4)/t13-,14-,19-,20+;/m0./s1. The average molecular weight is 386 g/mol. The first kappa shape index (κ1) is 20.6. The first-order valence-corrected chi connectivity index (χ1v) is 9.98. The van der Waals surface area contributed by atoms with Gasteiger partial charge in [-0.05, 0) is 61.1 Å². The lowest BCUT2D eigenvalue weighted by atomic mass is 9.72. The Kier molecular flexibility index (Phi) is 6.52. The molecule has 3 fully saturated rings. The summed E-state index contributed by atoms with van der Waals surface area (Å²) in [6.07, 6.45) is 4.97. The Morgan fingerprint density at radius 2 is 2.14 bits per heavy atom. The molecule has 2 N–H and O–H groups in total. The highest BCUT2D eigenvalue weighted by Gasteiger charge is 2.42. The van der Waals surface area contributed by atoms with Crippen molar-refractivity contribution in [3.63, 3.8) is 0 Å². The highest BCUT2D eigenvalue weighted by atomic mass is 16.5. The summed E-state index contributed by atoms with van der Waals surface area (Å²) in [7, 11) is 1.67. The highest BCUT2D eigenvalue weighted by Crippen LogP contribution is 2.42. The van der Waals surface area contributed by atoms with E-state index in [4.69, 9.17) is 14.6 Å². The molecule has 5 atom stereocenters. The molecular formula is C22H30N2O4. The number of carbonyl (C=O) groups is 1. The van der Waals surface area contributed by atoms with Gasteiger partial charge >= 0.3 is 0 Å². The molecular weight excluding hydrogens is 356 g/mol. The molecule has 0 saturated carbocycles. The van der Waals surface area contributed by atoms with E-state index >= 15 is 0 Å². The highest BCUT2D eigenvalue weighted by molar-refractivity contribution is 5.83. The molecule has 0 radical (unpaired) electrons. The molecule has 0 spiro atoms. The molecule has 1 aromatic carbocycles. The molecule has 0 aliphatic carbocycles. The Morgan fingerprint density at radius 3 is 2.75 bits per heavy atom. The first-order valence-electron chi connectivity index (χ1n) is 9.98. The van der Waals surface area contributed by atoms with Crippen LogP contribution in [0.1, 0.15) is 44.8 Å². The van der Waals surface area contributed by atoms with E-state index in [-0.39, 0.29) is 6.04 Å². The summed E-state index contributed by atoms with van der Waals surface area (Å²) in [4.78, 5) is 15.9. The van der Waals surface area contributed by atoms with Crippen molar-refractivity contribution in [2.75, 3.05) is 20.2 Å². The number of carboxylic acid groups (broad SMARTS) is 1. The fourth-order valence-electron chi connectivity index (χ4n) is 4.71. The third-order valence-corrected chi connectivity index (χ3v) is 6.13. The number of ether oxygens (including phenoxy) is 1. The average Bonchev–Trinajstić information content (AvgIpc) is 2.72. The second-order valence-corrected chi connectivity index (χ2v) is 7.76. The van der Waals surface area contributed by atoms with Crippen LogP contribution in [-0.4, -0.2) is 52.3 Å². The van der Waals surface area contributed by atoms with E-state index in [9.17, 15) is 5.11 Å². The predicted octanol–water partition coefficient (Wildman–Crippen LogP) is 3.49. The number of carboxylic acids is 1. The Labute approximate surface area is 166 Å². The van der Waals surface area contributed by atoms with Gasteiger partial charge in [-0.3, -0.25) is 14.7 Å². The van der Waals surface area contributed by atoms with Gasteiger partial charge in [0.15, 0.2) is 0 Å². The van der Waals surface area contributed by atoms with E-state index in [1.165, 1.54) is 12.8 Å². The molecule has 3 aliphatic heterocycles. The van der Waals surface area contributed by atoms with Crippen LogP contribution in [0.25, 0.3) is 10.9 Å². The quantitative estimate of drug-likeness (QED) is 0.837. The molecule has 3 saturated heterocycles. The number of piperidine rings is 3. The number of nitrogens with zero attached hydrogens (tertiary/aromatic N) is 2. The van der Waals surface area contributed by atoms with Crippen LogP contribution in [0.2, 0.25) is 0 Å². The van der Waals surface area contributed by atoms with Crippen molar-refractivity contribution in [2.24, 2.45) is 11.8 Å². The van der Waals surface area contributed by atoms with Gasteiger partial charge in [0.25, 0.3) is 5.97 Å². The van der Waals surface area contributed by atoms with E-state index in [1.54, 1.807) is 13.3 Å². The molecule has 0 amide bonds. The molecule has 1 unspecified atom stereocenters. The van der Waals surface area contributed by atoms with E-state index < -0.39 is 12.1 Å². The van der Waals surface area contributed by atoms with Crippen LogP contribution in [0.4, 0.5) is 0 Å². The fourth-order valence-corrected chi connectivity index (χ4v) is 4.71. The second-order valence-electron chi connectivity index (χ2n) is 7.76. The second kappa shape index (κ2) is 8.88. The monoisotopic (exact) mass is 386 g/mol. The van der Waals surface area contributed by atoms with E-state index in [0.29, 0.717) is 0 Å². The number of hydrogen-bond donors (Lipinski definition) is 2. The molecule has 2 bridgehead atoms. The van der Waals surface area contributed by atoms with Crippen LogP contribution in [-0.2, 0) is 4.79 Å². The summed E-state index contributed by atoms with van der Waals surface area (Å²) in [6, 6.07) is 8.07. The van der Waals surface area contributed by atoms with Gasteiger partial charge in [-0.15, -0.1) is 0 Å². The number of pyridine rings is 1. The Bertz CT molecular complexity index is 821. The number of aliphatic hydroxyl groups is 1. The number of aliphatic carboxylic acids is 1. The van der Waals surface area contributed by atoms with Crippen molar-refractivity contribution >= 4 is 16.9 Å². The minimum absolute atomic E-state index is 0.225. The van der Waals surface area contributed by atoms with Crippen molar-refractivity contribution in [3.05, 3.63) is 36.0 Å². The summed E-state index contributed by atoms with van der Waals surface area (Å²) in [5.74, 6) is 1.54. The zero-order valence-electron chi connectivity index (χ0n) is 16.8. The van der Waals surface area contributed by atoms with Crippen molar-refractivity contribution < 1.29 is 19.7 Å². The SMILES string of the molecule is CC(=O)O.CC[C@H]1CN2CC[C@H]1C[C@H]2[C@H](O)c1ccnc2ccc(OC)cc12. The van der Waals surface area contributed by atoms with Gasteiger partial charge in [-0.25, -0.2) is 0 Å². The van der Waals surface area contributed by atoms with Crippen molar-refractivity contribution in [3.8, 4) is 5.75 Å². The van der Waals surface area contributed by atoms with Crippen LogP contribution >= 0.6 is 0 Å². The lowest BCUT2D eigenvalue weighted by molar-refractivity contribution is -0.134. The fraction of sp³-hybridized carbons (Fsp3) is 0.545. The van der Waals surface area contributed by atoms with Gasteiger partial charge in [0.2, 0.25) is 0 Å². The smallest absolute Gasteiger partial charge is 0.300 e. The van der Waals surface area contributed by atoms with Crippen LogP contribution in [0.3, 0.4) is 0 Å². The number of aromatic nitrogens is 1. The van der Waals surface area contributed by atoms with Gasteiger partial charge in [-0.2, -0.15) is 0 Å². The van der Waals surface area contributed by atoms with Gasteiger partial charge in [0.1, 0.15) is 5.75 Å². The Morgan fingerprint density at radius 1 is 1.39 bits per heavy atom. The maximum absolute atomic E-state index is 11.2. The molecule has 4 heterocycles. The van der Waals surface area contributed by atoms with E-state index in [1.807, 2.05) is 24.3 Å². The third-order valence-electron chi connectivity index (χ3n) is 6.13. The number of methoxy groups -OCH3 is 1. The maximum atomic E-state index is 11.2. The summed E-state index contributed by atoms with van der Waals surface area (Å²) in [5.41, 5.74) is 1.89. The van der Waals surface area contributed by atoms with Crippen LogP contribution in [0.15, 0.2) is 30.5 Å². The number of rotatable bonds is 4. The lowest BCUT2D eigenvalue weighted by Crippen LogP contribution is -2.55. The largest absolute Gasteiger partial charge is 0.497 e. The van der Waals surface area contributed by atoms with Crippen LogP contribution in [0, 0.1) is 11.8 Å². The molecule has 2 aromatic rings. The number of hydrogen-bond acceptors (Lipinski definition) is 5. The zero-order chi connectivity index (χ0) is 20.3. The van der Waals surface area contributed by atoms with Crippen LogP contribution < -0.4 is 4.74 Å². The third kappa shape index (κ3) is 4.28. The summed E-state index contributed by atoms with van der Waals surface area (Å²) < 4.78 is 5.36. The maximum Gasteiger partial charge on any atom is 0.300 e. The summed E-state index contributed by atoms with van der Waals surface area (Å²) >= 11 is 0. The zero-order valence-corrected chi connectivity index (χ0v) is 16.8. The van der Waals surface area contributed by atoms with E-state index in [0.717, 1.165) is 60.5 Å². The molecule has 3 aliphatic rings. The van der Waals surface area contributed by atoms with Gasteiger partial charge in [0.05, 0.1) is 18.7 Å². The molecule has 5 rings (SSSR count). The first-order chi connectivity index (χ1) is 13.4. The van der Waals surface area contributed by atoms with Gasteiger partial charge < -0.3 is 14.9 Å². The predicted molar refractivity (Wildman–Crippen MR) is 108 cm³/mol. The summed E-state index contributed by atoms with van der Waals surface area (Å²) in [6.45, 7) is 5.63. The normalized spacial score (nSPS) is 27.0. The van der Waals surface area contributed by atoms with Crippen molar-refractivity contribution in [1.29, 1.82) is 0 Å². The van der Waals surface area contributed by atoms with Crippen LogP contribution in [0.5, 0.6) is 5.75 Å². The van der Waals surface area contributed by atoms with Gasteiger partial charge in [0, 0.05) is 31.1 Å². The number of benzene rings is 1. The topological polar surface area (TPSA) is 82.9 Å². The van der Waals surface area contributed by atoms with E-state index in [2.05, 4.69) is 16.8 Å². The molecule has 152 valence electrons. The minimum Gasteiger partial charge on any atom is -0.497 e. The molecule has 6 heteroatoms. The Balaban J connectivity index is 0.000000516. The molecule has 28 heavy (non-hydrogen) atoms. The lowest BCUT2D eigenvalue weighted by Gasteiger charge is -2.51. The van der Waals surface area contributed by atoms with Crippen molar-refractivity contribution in [1.82, 2.24) is 9.88 Å². The Hall–Kier alpha value is -2.18. The molecule has 1 aromatic heterocycles. The van der Waals surface area contributed by atoms with Crippen molar-refractivity contribution in [2.45, 2.75) is 45.3 Å². The number of aliphatic hydroxyl groups excluding tert-OH is 1. The number of fused-ring (bicyclic) bond motifs is 4. The summed E-state index contributed by atoms with van der Waals surface area (Å²) in [5, 5.41) is 19.6. The minimum atomic E-state index is -0.833. The van der Waals surface area contributed by atoms with Gasteiger partial charge in [-0.1, -0.05) is 13.3 Å².